The summed E-state index contributed by atoms with van der Waals surface area (Å²) in [5.74, 6) is 0. The van der Waals surface area contributed by atoms with Crippen LogP contribution in [0.4, 0.5) is 0 Å². The molecule has 5 heterocycles. The molecular formula is C44H30N4Zn. The van der Waals surface area contributed by atoms with Crippen molar-refractivity contribution in [1.29, 1.82) is 0 Å². The molecule has 0 fully saturated rings. The third kappa shape index (κ3) is 7.04. The Balaban J connectivity index is 0.000000491. The van der Waals surface area contributed by atoms with Crippen LogP contribution in [0.5, 0.6) is 0 Å². The van der Waals surface area contributed by atoms with Crippen LogP contribution in [-0.4, -0.2) is 19.9 Å². The molecule has 228 valence electrons. The fourth-order valence-corrected chi connectivity index (χ4v) is 6.01. The van der Waals surface area contributed by atoms with E-state index in [1.54, 1.807) is 0 Å². The number of aromatic amines is 2. The molecule has 5 heteroatoms. The van der Waals surface area contributed by atoms with Crippen molar-refractivity contribution in [3.05, 3.63) is 192 Å². The van der Waals surface area contributed by atoms with Crippen molar-refractivity contribution in [3.8, 4) is 22.3 Å². The first-order chi connectivity index (χ1) is 23.8. The van der Waals surface area contributed by atoms with Gasteiger partial charge in [-0.25, -0.2) is 4.98 Å². The van der Waals surface area contributed by atoms with E-state index in [0.717, 1.165) is 78.2 Å². The van der Waals surface area contributed by atoms with Crippen molar-refractivity contribution < 1.29 is 19.5 Å². The first-order valence-corrected chi connectivity index (χ1v) is 15.9. The van der Waals surface area contributed by atoms with E-state index < -0.39 is 0 Å². The number of nitrogens with one attached hydrogen (secondary N) is 2. The van der Waals surface area contributed by atoms with Crippen LogP contribution in [0, 0.1) is 12.1 Å². The maximum absolute atomic E-state index is 5.31. The van der Waals surface area contributed by atoms with Crippen molar-refractivity contribution in [1.82, 2.24) is 19.9 Å². The minimum absolute atomic E-state index is 0. The van der Waals surface area contributed by atoms with E-state index >= 15 is 0 Å². The van der Waals surface area contributed by atoms with Gasteiger partial charge in [-0.1, -0.05) is 108 Å². The Kier molecular flexibility index (Phi) is 9.36. The number of aromatic nitrogens is 4. The Bertz CT molecular complexity index is 2400. The zero-order valence-electron chi connectivity index (χ0n) is 26.8. The summed E-state index contributed by atoms with van der Waals surface area (Å²) in [7, 11) is 0. The van der Waals surface area contributed by atoms with Crippen LogP contribution in [0.15, 0.2) is 152 Å². The van der Waals surface area contributed by atoms with Crippen LogP contribution >= 0.6 is 0 Å². The quantitative estimate of drug-likeness (QED) is 0.144. The van der Waals surface area contributed by atoms with E-state index in [1.165, 1.54) is 0 Å². The molecule has 2 N–H and O–H groups in total. The third-order valence-corrected chi connectivity index (χ3v) is 8.17. The van der Waals surface area contributed by atoms with E-state index in [9.17, 15) is 0 Å². The molecule has 0 unspecified atom stereocenters. The normalized spacial score (nSPS) is 11.6. The van der Waals surface area contributed by atoms with Gasteiger partial charge < -0.3 is 9.97 Å². The van der Waals surface area contributed by atoms with Crippen LogP contribution in [0.25, 0.3) is 68.1 Å². The summed E-state index contributed by atoms with van der Waals surface area (Å²) in [6.45, 7) is 0. The SMILES string of the molecule is [Zn+2].[c-]1c(-c2ccccc2)c2[nH]c1cc1nc(cc3ccc(cc4nc(c2-c2ccccc2)C(c2ccccc2)=C4)[nH]3)C=C1.[c-]1ccccc1. The average Bonchev–Trinajstić information content (AvgIpc) is 3.96. The number of H-pyrrole nitrogens is 2. The topological polar surface area (TPSA) is 57.4 Å². The Morgan fingerprint density at radius 2 is 1.08 bits per heavy atom. The molecule has 4 nitrogen and oxygen atoms in total. The molecule has 0 aliphatic carbocycles. The summed E-state index contributed by atoms with van der Waals surface area (Å²) in [6.07, 6.45) is 6.26. The smallest absolute Gasteiger partial charge is 0.409 e. The van der Waals surface area contributed by atoms with Crippen LogP contribution in [-0.2, 0) is 19.5 Å². The molecule has 3 aromatic heterocycles. The Morgan fingerprint density at radius 3 is 1.69 bits per heavy atom. The molecule has 4 aromatic carbocycles. The number of hydrogen-bond acceptors (Lipinski definition) is 2. The standard InChI is InChI=1S/C38H25N4.C6H5.Zn/c1-4-10-25(11-5-1)34-23-32-21-30-18-16-28(39-30)20-29-17-19-31(40-29)22-33-24-35(26-12-6-2-7-13-26)38(42-33)36(37(34)41-32)27-14-8-3-9-15-27;1-2-4-6-5-3-1;/h1-23,39,42H;1-5H;/q2*-1;+2. The van der Waals surface area contributed by atoms with Gasteiger partial charge in [0, 0.05) is 22.3 Å². The predicted octanol–water partition coefficient (Wildman–Crippen LogP) is 10.7. The molecule has 0 saturated carbocycles. The number of nitrogens with zero attached hydrogens (tertiary/aromatic N) is 2. The Labute approximate surface area is 298 Å². The van der Waals surface area contributed by atoms with Crippen LogP contribution in [0.1, 0.15) is 28.3 Å². The minimum atomic E-state index is 0. The van der Waals surface area contributed by atoms with Crippen LogP contribution in [0.2, 0.25) is 0 Å². The van der Waals surface area contributed by atoms with Gasteiger partial charge >= 0.3 is 19.5 Å². The van der Waals surface area contributed by atoms with Crippen molar-refractivity contribution in [3.63, 3.8) is 0 Å². The Hall–Kier alpha value is -5.90. The molecule has 9 rings (SSSR count). The van der Waals surface area contributed by atoms with E-state index in [1.807, 2.05) is 60.7 Å². The zero-order valence-corrected chi connectivity index (χ0v) is 29.7. The van der Waals surface area contributed by atoms with Gasteiger partial charge in [0.2, 0.25) is 0 Å². The zero-order chi connectivity index (χ0) is 32.1. The summed E-state index contributed by atoms with van der Waals surface area (Å²) in [6, 6.07) is 58.0. The van der Waals surface area contributed by atoms with E-state index in [0.29, 0.717) is 0 Å². The number of benzene rings is 4. The van der Waals surface area contributed by atoms with Gasteiger partial charge in [-0.2, -0.15) is 36.4 Å². The molecule has 2 aliphatic heterocycles. The first kappa shape index (κ1) is 31.7. The summed E-state index contributed by atoms with van der Waals surface area (Å²) in [5, 5.41) is 0. The van der Waals surface area contributed by atoms with Crippen LogP contribution < -0.4 is 0 Å². The van der Waals surface area contributed by atoms with E-state index in [-0.39, 0.29) is 19.5 Å². The molecular weight excluding hydrogens is 650 g/mol. The molecule has 0 amide bonds. The third-order valence-electron chi connectivity index (χ3n) is 8.17. The molecule has 8 bridgehead atoms. The summed E-state index contributed by atoms with van der Waals surface area (Å²) in [5.41, 5.74) is 13.7. The second-order valence-electron chi connectivity index (χ2n) is 11.5. The summed E-state index contributed by atoms with van der Waals surface area (Å²) in [4.78, 5) is 17.4. The number of rotatable bonds is 3. The van der Waals surface area contributed by atoms with Gasteiger partial charge in [0.25, 0.3) is 0 Å². The van der Waals surface area contributed by atoms with E-state index in [2.05, 4.69) is 131 Å². The van der Waals surface area contributed by atoms with Crippen molar-refractivity contribution >= 4 is 45.9 Å². The van der Waals surface area contributed by atoms with Gasteiger partial charge in [0.1, 0.15) is 0 Å². The molecule has 0 radical (unpaired) electrons. The molecule has 0 spiro atoms. The first-order valence-electron chi connectivity index (χ1n) is 15.9. The van der Waals surface area contributed by atoms with Gasteiger partial charge in [-0.05, 0) is 64.7 Å². The molecule has 49 heavy (non-hydrogen) atoms. The maximum atomic E-state index is 5.31. The fourth-order valence-electron chi connectivity index (χ4n) is 6.01. The van der Waals surface area contributed by atoms with Crippen molar-refractivity contribution in [2.75, 3.05) is 0 Å². The van der Waals surface area contributed by atoms with E-state index in [4.69, 9.17) is 9.97 Å². The Morgan fingerprint density at radius 1 is 0.510 bits per heavy atom. The van der Waals surface area contributed by atoms with Gasteiger partial charge in [-0.3, -0.25) is 4.98 Å². The number of fused-ring (bicyclic) bond motifs is 8. The van der Waals surface area contributed by atoms with Crippen LogP contribution in [0.3, 0.4) is 0 Å². The molecule has 0 atom stereocenters. The second-order valence-corrected chi connectivity index (χ2v) is 11.5. The average molecular weight is 680 g/mol. The second kappa shape index (κ2) is 14.5. The molecule has 2 aliphatic rings. The van der Waals surface area contributed by atoms with Gasteiger partial charge in [0.05, 0.1) is 17.1 Å². The maximum Gasteiger partial charge on any atom is 2.00 e. The molecule has 7 aromatic rings. The minimum Gasteiger partial charge on any atom is -0.409 e. The van der Waals surface area contributed by atoms with Gasteiger partial charge in [0.15, 0.2) is 0 Å². The van der Waals surface area contributed by atoms with Crippen molar-refractivity contribution in [2.24, 2.45) is 0 Å². The number of hydrogen-bond donors (Lipinski definition) is 2. The monoisotopic (exact) mass is 678 g/mol. The van der Waals surface area contributed by atoms with Crippen molar-refractivity contribution in [2.45, 2.75) is 0 Å². The summed E-state index contributed by atoms with van der Waals surface area (Å²) < 4.78 is 0. The fraction of sp³-hybridized carbons (Fsp3) is 0. The molecule has 0 saturated heterocycles. The van der Waals surface area contributed by atoms with Gasteiger partial charge in [-0.15, -0.1) is 11.6 Å². The predicted molar refractivity (Wildman–Crippen MR) is 198 cm³/mol. The largest absolute Gasteiger partial charge is 2.00 e. The summed E-state index contributed by atoms with van der Waals surface area (Å²) >= 11 is 0.